The van der Waals surface area contributed by atoms with Crippen molar-refractivity contribution in [3.63, 3.8) is 0 Å². The van der Waals surface area contributed by atoms with E-state index in [9.17, 15) is 0 Å². The maximum Gasteiger partial charge on any atom is 0.222 e. The Labute approximate surface area is 110 Å². The summed E-state index contributed by atoms with van der Waals surface area (Å²) in [6.45, 7) is 0.891. The van der Waals surface area contributed by atoms with Gasteiger partial charge in [0, 0.05) is 28.6 Å². The Morgan fingerprint density at radius 1 is 1.31 bits per heavy atom. The number of aromatic nitrogens is 2. The molecule has 88 valence electrons. The molecule has 0 bridgehead atoms. The third-order valence-electron chi connectivity index (χ3n) is 3.11. The molecule has 1 saturated carbocycles. The molecule has 4 nitrogen and oxygen atoms in total. The molecule has 16 heavy (non-hydrogen) atoms. The Hall–Kier alpha value is -0.430. The van der Waals surface area contributed by atoms with Gasteiger partial charge >= 0.3 is 0 Å². The Morgan fingerprint density at radius 3 is 2.69 bits per heavy atom. The molecule has 1 aromatic rings. The third-order valence-corrected chi connectivity index (χ3v) is 3.67. The molecular weight excluding hydrogens is 315 g/mol. The number of nitrogens with zero attached hydrogens (tertiary/aromatic N) is 2. The van der Waals surface area contributed by atoms with E-state index in [1.807, 2.05) is 12.4 Å². The van der Waals surface area contributed by atoms with Gasteiger partial charge in [-0.15, -0.1) is 0 Å². The number of rotatable bonds is 3. The number of halogens is 1. The summed E-state index contributed by atoms with van der Waals surface area (Å²) in [6, 6.07) is 0.338. The predicted molar refractivity (Wildman–Crippen MR) is 73.2 cm³/mol. The van der Waals surface area contributed by atoms with Crippen LogP contribution in [0.3, 0.4) is 0 Å². The summed E-state index contributed by atoms with van der Waals surface area (Å²) < 4.78 is 1.05. The first kappa shape index (κ1) is 12.0. The SMILES string of the molecule is NC1CCCCC1CNc1ncc(I)cn1. The van der Waals surface area contributed by atoms with E-state index in [2.05, 4.69) is 37.9 Å². The first-order valence-corrected chi connectivity index (χ1v) is 6.80. The minimum Gasteiger partial charge on any atom is -0.354 e. The zero-order valence-electron chi connectivity index (χ0n) is 9.19. The molecule has 0 amide bonds. The molecule has 2 atom stereocenters. The first-order chi connectivity index (χ1) is 7.75. The molecule has 1 aliphatic carbocycles. The van der Waals surface area contributed by atoms with Crippen molar-refractivity contribution in [1.82, 2.24) is 9.97 Å². The van der Waals surface area contributed by atoms with Crippen LogP contribution in [0.4, 0.5) is 5.95 Å². The maximum absolute atomic E-state index is 6.09. The van der Waals surface area contributed by atoms with Gasteiger partial charge in [-0.2, -0.15) is 0 Å². The lowest BCUT2D eigenvalue weighted by Gasteiger charge is -2.28. The van der Waals surface area contributed by atoms with Crippen LogP contribution in [0.2, 0.25) is 0 Å². The van der Waals surface area contributed by atoms with Crippen LogP contribution >= 0.6 is 22.6 Å². The van der Waals surface area contributed by atoms with Crippen LogP contribution in [0.15, 0.2) is 12.4 Å². The molecular formula is C11H17IN4. The summed E-state index contributed by atoms with van der Waals surface area (Å²) in [6.07, 6.45) is 8.58. The van der Waals surface area contributed by atoms with Gasteiger partial charge < -0.3 is 11.1 Å². The van der Waals surface area contributed by atoms with E-state index >= 15 is 0 Å². The third kappa shape index (κ3) is 3.28. The van der Waals surface area contributed by atoms with Crippen molar-refractivity contribution < 1.29 is 0 Å². The average Bonchev–Trinajstić information content (AvgIpc) is 2.30. The van der Waals surface area contributed by atoms with Crippen LogP contribution < -0.4 is 11.1 Å². The van der Waals surface area contributed by atoms with Crippen molar-refractivity contribution >= 4 is 28.5 Å². The van der Waals surface area contributed by atoms with Gasteiger partial charge in [-0.3, -0.25) is 0 Å². The molecule has 1 fully saturated rings. The lowest BCUT2D eigenvalue weighted by molar-refractivity contribution is 0.321. The quantitative estimate of drug-likeness (QED) is 0.831. The molecule has 2 rings (SSSR count). The van der Waals surface area contributed by atoms with Crippen LogP contribution in [0.5, 0.6) is 0 Å². The molecule has 1 aliphatic rings. The van der Waals surface area contributed by atoms with Crippen LogP contribution in [0, 0.1) is 9.49 Å². The normalized spacial score (nSPS) is 25.4. The van der Waals surface area contributed by atoms with Crippen LogP contribution in [0.1, 0.15) is 25.7 Å². The van der Waals surface area contributed by atoms with E-state index < -0.39 is 0 Å². The maximum atomic E-state index is 6.09. The molecule has 0 saturated heterocycles. The fraction of sp³-hybridized carbons (Fsp3) is 0.636. The number of nitrogens with two attached hydrogens (primary N) is 1. The summed E-state index contributed by atoms with van der Waals surface area (Å²) in [5.74, 6) is 1.27. The van der Waals surface area contributed by atoms with Gasteiger partial charge in [-0.1, -0.05) is 12.8 Å². The Kier molecular flexibility index (Phi) is 4.34. The highest BCUT2D eigenvalue weighted by atomic mass is 127. The van der Waals surface area contributed by atoms with E-state index in [1.54, 1.807) is 0 Å². The van der Waals surface area contributed by atoms with Crippen molar-refractivity contribution in [1.29, 1.82) is 0 Å². The molecule has 1 heterocycles. The second-order valence-corrected chi connectivity index (χ2v) is 5.56. The number of hydrogen-bond donors (Lipinski definition) is 2. The molecule has 0 aromatic carbocycles. The lowest BCUT2D eigenvalue weighted by Crippen LogP contribution is -2.37. The summed E-state index contributed by atoms with van der Waals surface area (Å²) >= 11 is 2.20. The largest absolute Gasteiger partial charge is 0.354 e. The summed E-state index contributed by atoms with van der Waals surface area (Å²) in [5, 5.41) is 3.27. The number of anilines is 1. The van der Waals surface area contributed by atoms with Crippen molar-refractivity contribution in [3.8, 4) is 0 Å². The molecule has 1 aromatic heterocycles. The molecule has 0 spiro atoms. The highest BCUT2D eigenvalue weighted by Crippen LogP contribution is 2.22. The Bertz CT molecular complexity index is 327. The molecule has 3 N–H and O–H groups in total. The highest BCUT2D eigenvalue weighted by Gasteiger charge is 2.21. The van der Waals surface area contributed by atoms with Crippen molar-refractivity contribution in [2.75, 3.05) is 11.9 Å². The van der Waals surface area contributed by atoms with E-state index in [4.69, 9.17) is 5.73 Å². The zero-order valence-corrected chi connectivity index (χ0v) is 11.4. The second kappa shape index (κ2) is 5.77. The summed E-state index contributed by atoms with van der Waals surface area (Å²) in [4.78, 5) is 8.43. The molecule has 2 unspecified atom stereocenters. The molecule has 5 heteroatoms. The summed E-state index contributed by atoms with van der Waals surface area (Å²) in [5.41, 5.74) is 6.09. The number of hydrogen-bond acceptors (Lipinski definition) is 4. The number of nitrogens with one attached hydrogen (secondary N) is 1. The Morgan fingerprint density at radius 2 is 2.00 bits per heavy atom. The summed E-state index contributed by atoms with van der Waals surface area (Å²) in [7, 11) is 0. The van der Waals surface area contributed by atoms with Crippen molar-refractivity contribution in [3.05, 3.63) is 16.0 Å². The molecule has 0 radical (unpaired) electrons. The Balaban J connectivity index is 1.84. The first-order valence-electron chi connectivity index (χ1n) is 5.72. The van der Waals surface area contributed by atoms with E-state index in [-0.39, 0.29) is 0 Å². The van der Waals surface area contributed by atoms with Gasteiger partial charge in [-0.05, 0) is 41.4 Å². The van der Waals surface area contributed by atoms with E-state index in [1.165, 1.54) is 19.3 Å². The van der Waals surface area contributed by atoms with Gasteiger partial charge in [0.25, 0.3) is 0 Å². The monoisotopic (exact) mass is 332 g/mol. The van der Waals surface area contributed by atoms with E-state index in [0.717, 1.165) is 16.5 Å². The van der Waals surface area contributed by atoms with Gasteiger partial charge in [0.05, 0.1) is 0 Å². The minimum atomic E-state index is 0.338. The fourth-order valence-corrected chi connectivity index (χ4v) is 2.39. The van der Waals surface area contributed by atoms with Crippen molar-refractivity contribution in [2.45, 2.75) is 31.7 Å². The predicted octanol–water partition coefficient (Wildman–Crippen LogP) is 2.01. The standard InChI is InChI=1S/C11H17IN4/c12-9-6-15-11(16-7-9)14-5-8-3-1-2-4-10(8)13/h6-8,10H,1-5,13H2,(H,14,15,16). The van der Waals surface area contributed by atoms with Crippen LogP contribution in [-0.4, -0.2) is 22.6 Å². The lowest BCUT2D eigenvalue weighted by atomic mass is 9.85. The minimum absolute atomic E-state index is 0.338. The molecule has 0 aliphatic heterocycles. The average molecular weight is 332 g/mol. The fourth-order valence-electron chi connectivity index (χ4n) is 2.12. The second-order valence-electron chi connectivity index (χ2n) is 4.31. The zero-order chi connectivity index (χ0) is 11.4. The topological polar surface area (TPSA) is 63.8 Å². The van der Waals surface area contributed by atoms with Crippen LogP contribution in [-0.2, 0) is 0 Å². The van der Waals surface area contributed by atoms with Gasteiger partial charge in [-0.25, -0.2) is 9.97 Å². The van der Waals surface area contributed by atoms with Gasteiger partial charge in [0.15, 0.2) is 0 Å². The van der Waals surface area contributed by atoms with Gasteiger partial charge in [0.2, 0.25) is 5.95 Å². The van der Waals surface area contributed by atoms with Gasteiger partial charge in [0.1, 0.15) is 0 Å². The smallest absolute Gasteiger partial charge is 0.222 e. The van der Waals surface area contributed by atoms with Crippen molar-refractivity contribution in [2.24, 2.45) is 11.7 Å². The van der Waals surface area contributed by atoms with Crippen LogP contribution in [0.25, 0.3) is 0 Å². The van der Waals surface area contributed by atoms with E-state index in [0.29, 0.717) is 17.9 Å². The highest BCUT2D eigenvalue weighted by molar-refractivity contribution is 14.1.